The van der Waals surface area contributed by atoms with Crippen molar-refractivity contribution in [2.75, 3.05) is 32.6 Å². The van der Waals surface area contributed by atoms with E-state index < -0.39 is 26.0 Å². The average molecular weight is 481 g/mol. The summed E-state index contributed by atoms with van der Waals surface area (Å²) in [6.07, 6.45) is -0.0314. The molecule has 0 aliphatic carbocycles. The molecule has 0 unspecified atom stereocenters. The lowest BCUT2D eigenvalue weighted by Crippen LogP contribution is -2.23. The Morgan fingerprint density at radius 2 is 1.91 bits per heavy atom. The minimum Gasteiger partial charge on any atom is -0.492 e. The molecule has 1 amide bonds. The van der Waals surface area contributed by atoms with Crippen LogP contribution < -0.4 is 14.8 Å². The molecule has 2 aromatic carbocycles. The van der Waals surface area contributed by atoms with Gasteiger partial charge in [-0.05, 0) is 37.3 Å². The van der Waals surface area contributed by atoms with Crippen molar-refractivity contribution in [2.45, 2.75) is 23.1 Å². The fourth-order valence-corrected chi connectivity index (χ4v) is 5.30. The van der Waals surface area contributed by atoms with Crippen molar-refractivity contribution in [3.8, 4) is 5.75 Å². The van der Waals surface area contributed by atoms with E-state index in [9.17, 15) is 21.6 Å². The van der Waals surface area contributed by atoms with Crippen LogP contribution in [0.1, 0.15) is 18.9 Å². The van der Waals surface area contributed by atoms with Gasteiger partial charge >= 0.3 is 0 Å². The van der Waals surface area contributed by atoms with Gasteiger partial charge < -0.3 is 10.1 Å². The third kappa shape index (κ3) is 4.92. The first-order valence-electron chi connectivity index (χ1n) is 9.72. The van der Waals surface area contributed by atoms with Gasteiger partial charge in [0.05, 0.1) is 18.0 Å². The molecule has 10 nitrogen and oxygen atoms in total. The van der Waals surface area contributed by atoms with E-state index in [1.165, 1.54) is 32.3 Å². The van der Waals surface area contributed by atoms with Gasteiger partial charge in [-0.3, -0.25) is 14.5 Å². The van der Waals surface area contributed by atoms with Crippen LogP contribution in [-0.2, 0) is 24.8 Å². The highest BCUT2D eigenvalue weighted by molar-refractivity contribution is 7.90. The predicted octanol–water partition coefficient (Wildman–Crippen LogP) is 1.40. The summed E-state index contributed by atoms with van der Waals surface area (Å²) in [6, 6.07) is 10.8. The molecular weight excluding hydrogens is 456 g/mol. The van der Waals surface area contributed by atoms with Gasteiger partial charge in [0, 0.05) is 31.8 Å². The van der Waals surface area contributed by atoms with Gasteiger partial charge in [0.2, 0.25) is 15.9 Å². The maximum atomic E-state index is 12.6. The Balaban J connectivity index is 1.72. The number of amidine groups is 1. The van der Waals surface area contributed by atoms with E-state index >= 15 is 0 Å². The van der Waals surface area contributed by atoms with Crippen LogP contribution in [0.2, 0.25) is 0 Å². The number of hydrogen-bond donors (Lipinski definition) is 2. The van der Waals surface area contributed by atoms with E-state index in [1.807, 2.05) is 0 Å². The van der Waals surface area contributed by atoms with Gasteiger partial charge in [-0.2, -0.15) is 0 Å². The number of carbonyl (C=O) groups excluding carboxylic acids is 1. The molecule has 1 aliphatic rings. The van der Waals surface area contributed by atoms with Crippen LogP contribution in [0.5, 0.6) is 5.75 Å². The van der Waals surface area contributed by atoms with Gasteiger partial charge in [-0.15, -0.1) is 0 Å². The number of amides is 1. The zero-order valence-corrected chi connectivity index (χ0v) is 19.5. The molecule has 0 fully saturated rings. The first kappa shape index (κ1) is 23.7. The van der Waals surface area contributed by atoms with Crippen LogP contribution in [-0.4, -0.2) is 60.1 Å². The van der Waals surface area contributed by atoms with Gasteiger partial charge in [-0.1, -0.05) is 12.1 Å². The molecule has 172 valence electrons. The monoisotopic (exact) mass is 480 g/mol. The quantitative estimate of drug-likeness (QED) is 0.587. The van der Waals surface area contributed by atoms with Crippen molar-refractivity contribution >= 4 is 37.5 Å². The molecule has 32 heavy (non-hydrogen) atoms. The summed E-state index contributed by atoms with van der Waals surface area (Å²) in [5, 5.41) is 2.64. The third-order valence-electron chi connectivity index (χ3n) is 4.56. The largest absolute Gasteiger partial charge is 0.492 e. The number of anilines is 1. The Kier molecular flexibility index (Phi) is 6.86. The molecule has 12 heteroatoms. The number of benzene rings is 2. The number of rotatable bonds is 8. The Labute approximate surface area is 187 Å². The maximum Gasteiger partial charge on any atom is 0.263 e. The van der Waals surface area contributed by atoms with Crippen molar-refractivity contribution in [1.29, 1.82) is 0 Å². The van der Waals surface area contributed by atoms with Gasteiger partial charge in [-0.25, -0.2) is 21.1 Å². The molecule has 0 bridgehead atoms. The smallest absolute Gasteiger partial charge is 0.263 e. The van der Waals surface area contributed by atoms with Crippen LogP contribution in [0.3, 0.4) is 0 Å². The van der Waals surface area contributed by atoms with E-state index in [1.54, 1.807) is 31.2 Å². The van der Waals surface area contributed by atoms with Crippen molar-refractivity contribution < 1.29 is 26.4 Å². The van der Waals surface area contributed by atoms with Crippen molar-refractivity contribution in [3.05, 3.63) is 48.0 Å². The highest BCUT2D eigenvalue weighted by atomic mass is 32.2. The summed E-state index contributed by atoms with van der Waals surface area (Å²) in [5.41, 5.74) is 0.747. The molecule has 1 heterocycles. The fourth-order valence-electron chi connectivity index (χ4n) is 3.00. The second-order valence-corrected chi connectivity index (χ2v) is 10.8. The molecule has 0 atom stereocenters. The summed E-state index contributed by atoms with van der Waals surface area (Å²) < 4.78 is 58.2. The SMILES string of the molecule is CCOc1ccc(NC(=O)CCN=C2NS(=O)(=O)c3ccccc32)cc1S(=O)(=O)N(C)C. The van der Waals surface area contributed by atoms with E-state index in [0.29, 0.717) is 11.3 Å². The number of fused-ring (bicyclic) bond motifs is 1. The highest BCUT2D eigenvalue weighted by Gasteiger charge is 2.30. The minimum absolute atomic E-state index is 0.0314. The zero-order chi connectivity index (χ0) is 23.5. The molecule has 2 aromatic rings. The fraction of sp³-hybridized carbons (Fsp3) is 0.300. The highest BCUT2D eigenvalue weighted by Crippen LogP contribution is 2.29. The minimum atomic E-state index is -3.79. The Morgan fingerprint density at radius 3 is 2.59 bits per heavy atom. The molecule has 0 saturated heterocycles. The number of carbonyl (C=O) groups is 1. The van der Waals surface area contributed by atoms with E-state index in [2.05, 4.69) is 15.0 Å². The summed E-state index contributed by atoms with van der Waals surface area (Å²) in [4.78, 5) is 16.6. The third-order valence-corrected chi connectivity index (χ3v) is 7.79. The molecule has 0 radical (unpaired) electrons. The number of ether oxygens (including phenoxy) is 1. The Hall–Kier alpha value is -2.96. The maximum absolute atomic E-state index is 12.6. The molecule has 0 saturated carbocycles. The normalized spacial score (nSPS) is 15.9. The van der Waals surface area contributed by atoms with Crippen molar-refractivity contribution in [2.24, 2.45) is 4.99 Å². The van der Waals surface area contributed by atoms with Crippen LogP contribution in [0.4, 0.5) is 5.69 Å². The van der Waals surface area contributed by atoms with Gasteiger partial charge in [0.1, 0.15) is 16.5 Å². The molecule has 3 rings (SSSR count). The lowest BCUT2D eigenvalue weighted by atomic mass is 10.2. The van der Waals surface area contributed by atoms with Crippen LogP contribution >= 0.6 is 0 Å². The summed E-state index contributed by atoms with van der Waals surface area (Å²) >= 11 is 0. The van der Waals surface area contributed by atoms with Crippen molar-refractivity contribution in [3.63, 3.8) is 0 Å². The Bertz CT molecular complexity index is 1270. The van der Waals surface area contributed by atoms with E-state index in [-0.39, 0.29) is 40.9 Å². The van der Waals surface area contributed by atoms with Crippen molar-refractivity contribution in [1.82, 2.24) is 9.03 Å². The molecule has 2 N–H and O–H groups in total. The number of hydrogen-bond acceptors (Lipinski definition) is 7. The van der Waals surface area contributed by atoms with Gasteiger partial charge in [0.25, 0.3) is 10.0 Å². The Morgan fingerprint density at radius 1 is 1.19 bits per heavy atom. The van der Waals surface area contributed by atoms with Gasteiger partial charge in [0.15, 0.2) is 0 Å². The predicted molar refractivity (Wildman–Crippen MR) is 120 cm³/mol. The van der Waals surface area contributed by atoms with E-state index in [4.69, 9.17) is 4.74 Å². The summed E-state index contributed by atoms with van der Waals surface area (Å²) in [7, 11) is -4.61. The standard InChI is InChI=1S/C20H24N4O6S2/c1-4-30-16-10-9-14(13-18(16)32(28,29)24(2)3)22-19(25)11-12-21-20-15-7-5-6-8-17(15)31(26,27)23-20/h5-10,13H,4,11-12H2,1-3H3,(H,21,23)(H,22,25). The number of nitrogens with one attached hydrogen (secondary N) is 2. The topological polar surface area (TPSA) is 134 Å². The molecular formula is C20H24N4O6S2. The van der Waals surface area contributed by atoms with Crippen LogP contribution in [0.25, 0.3) is 0 Å². The number of aliphatic imine (C=N–C) groups is 1. The molecule has 1 aliphatic heterocycles. The molecule has 0 spiro atoms. The summed E-state index contributed by atoms with van der Waals surface area (Å²) in [6.45, 7) is 2.07. The van der Waals surface area contributed by atoms with Crippen LogP contribution in [0, 0.1) is 0 Å². The second kappa shape index (κ2) is 9.27. The number of sulfonamides is 2. The average Bonchev–Trinajstić information content (AvgIpc) is 2.99. The zero-order valence-electron chi connectivity index (χ0n) is 17.8. The van der Waals surface area contributed by atoms with Crippen LogP contribution in [0.15, 0.2) is 57.2 Å². The second-order valence-electron chi connectivity index (χ2n) is 7.01. The lowest BCUT2D eigenvalue weighted by molar-refractivity contribution is -0.116. The van der Waals surface area contributed by atoms with E-state index in [0.717, 1.165) is 4.31 Å². The summed E-state index contributed by atoms with van der Waals surface area (Å²) in [5.74, 6) is -0.0209. The molecule has 0 aromatic heterocycles. The first-order chi connectivity index (χ1) is 15.1. The number of nitrogens with zero attached hydrogens (tertiary/aromatic N) is 2. The lowest BCUT2D eigenvalue weighted by Gasteiger charge is -2.16. The first-order valence-corrected chi connectivity index (χ1v) is 12.6.